The van der Waals surface area contributed by atoms with E-state index >= 15 is 0 Å². The molecule has 0 N–H and O–H groups in total. The maximum absolute atomic E-state index is 12.9. The van der Waals surface area contributed by atoms with E-state index in [0.29, 0.717) is 44.1 Å². The second kappa shape index (κ2) is 10.5. The molecule has 2 fully saturated rings. The predicted octanol–water partition coefficient (Wildman–Crippen LogP) is 3.55. The molecule has 0 bridgehead atoms. The fraction of sp³-hybridized carbons (Fsp3) is 0.542. The highest BCUT2D eigenvalue weighted by atomic mass is 16.5. The summed E-state index contributed by atoms with van der Waals surface area (Å²) < 4.78 is 11.0. The molecule has 2 aliphatic rings. The van der Waals surface area contributed by atoms with Crippen LogP contribution < -0.4 is 4.74 Å². The van der Waals surface area contributed by atoms with Crippen molar-refractivity contribution in [3.63, 3.8) is 0 Å². The van der Waals surface area contributed by atoms with Crippen LogP contribution in [-0.4, -0.2) is 59.6 Å². The zero-order valence-corrected chi connectivity index (χ0v) is 18.0. The highest BCUT2D eigenvalue weighted by Crippen LogP contribution is 2.26. The molecular formula is C24H31N3O4. The Bertz CT molecular complexity index is 853. The van der Waals surface area contributed by atoms with Gasteiger partial charge in [-0.3, -0.25) is 9.59 Å². The SMILES string of the molecule is O=C(Cc1ccno1)N1CCN(C(=O)c2cccc(OCCC3CCCCC3)c2)CC1. The fourth-order valence-electron chi connectivity index (χ4n) is 4.47. The summed E-state index contributed by atoms with van der Waals surface area (Å²) >= 11 is 0. The topological polar surface area (TPSA) is 75.9 Å². The molecule has 2 heterocycles. The van der Waals surface area contributed by atoms with Gasteiger partial charge in [0.25, 0.3) is 5.91 Å². The van der Waals surface area contributed by atoms with E-state index in [4.69, 9.17) is 9.26 Å². The van der Waals surface area contributed by atoms with E-state index in [1.807, 2.05) is 24.3 Å². The minimum absolute atomic E-state index is 0.00258. The van der Waals surface area contributed by atoms with Crippen molar-refractivity contribution in [2.75, 3.05) is 32.8 Å². The van der Waals surface area contributed by atoms with Crippen molar-refractivity contribution < 1.29 is 18.8 Å². The number of ether oxygens (including phenoxy) is 1. The van der Waals surface area contributed by atoms with Crippen LogP contribution in [0.25, 0.3) is 0 Å². The quantitative estimate of drug-likeness (QED) is 0.678. The first-order valence-electron chi connectivity index (χ1n) is 11.4. The Morgan fingerprint density at radius 3 is 2.55 bits per heavy atom. The van der Waals surface area contributed by atoms with Gasteiger partial charge in [0.15, 0.2) is 0 Å². The van der Waals surface area contributed by atoms with Gasteiger partial charge >= 0.3 is 0 Å². The van der Waals surface area contributed by atoms with E-state index in [1.165, 1.54) is 38.3 Å². The number of hydrogen-bond donors (Lipinski definition) is 0. The maximum atomic E-state index is 12.9. The molecule has 1 aliphatic heterocycles. The third-order valence-electron chi connectivity index (χ3n) is 6.34. The Morgan fingerprint density at radius 1 is 1.03 bits per heavy atom. The van der Waals surface area contributed by atoms with Gasteiger partial charge in [-0.1, -0.05) is 43.3 Å². The molecule has 31 heavy (non-hydrogen) atoms. The monoisotopic (exact) mass is 425 g/mol. The van der Waals surface area contributed by atoms with E-state index < -0.39 is 0 Å². The van der Waals surface area contributed by atoms with Crippen molar-refractivity contribution in [2.45, 2.75) is 44.9 Å². The van der Waals surface area contributed by atoms with Gasteiger partial charge in [0.05, 0.1) is 19.2 Å². The molecule has 7 nitrogen and oxygen atoms in total. The van der Waals surface area contributed by atoms with Crippen molar-refractivity contribution in [3.05, 3.63) is 47.9 Å². The number of carbonyl (C=O) groups excluding carboxylic acids is 2. The Balaban J connectivity index is 1.24. The van der Waals surface area contributed by atoms with Gasteiger partial charge in [-0.05, 0) is 30.5 Å². The summed E-state index contributed by atoms with van der Waals surface area (Å²) in [6.07, 6.45) is 9.50. The Hall–Kier alpha value is -2.83. The number of aromatic nitrogens is 1. The first-order valence-corrected chi connectivity index (χ1v) is 11.4. The van der Waals surface area contributed by atoms with Gasteiger partial charge < -0.3 is 19.1 Å². The lowest BCUT2D eigenvalue weighted by atomic mass is 9.87. The summed E-state index contributed by atoms with van der Waals surface area (Å²) in [5, 5.41) is 3.63. The summed E-state index contributed by atoms with van der Waals surface area (Å²) in [6.45, 7) is 2.79. The Labute approximate surface area is 183 Å². The number of rotatable bonds is 7. The minimum Gasteiger partial charge on any atom is -0.494 e. The zero-order valence-electron chi connectivity index (χ0n) is 18.0. The smallest absolute Gasteiger partial charge is 0.254 e. The first-order chi connectivity index (χ1) is 15.2. The van der Waals surface area contributed by atoms with Gasteiger partial charge in [-0.25, -0.2) is 0 Å². The van der Waals surface area contributed by atoms with Crippen LogP contribution in [0.5, 0.6) is 5.75 Å². The summed E-state index contributed by atoms with van der Waals surface area (Å²) in [6, 6.07) is 9.16. The number of piperazine rings is 1. The van der Waals surface area contributed by atoms with Crippen molar-refractivity contribution in [3.8, 4) is 5.75 Å². The maximum Gasteiger partial charge on any atom is 0.254 e. The summed E-state index contributed by atoms with van der Waals surface area (Å²) in [5.41, 5.74) is 0.636. The number of carbonyl (C=O) groups is 2. The summed E-state index contributed by atoms with van der Waals surface area (Å²) in [4.78, 5) is 28.9. The van der Waals surface area contributed by atoms with Crippen LogP contribution in [0.15, 0.2) is 41.1 Å². The third kappa shape index (κ3) is 5.87. The molecule has 0 radical (unpaired) electrons. The molecule has 4 rings (SSSR count). The fourth-order valence-corrected chi connectivity index (χ4v) is 4.47. The van der Waals surface area contributed by atoms with E-state index in [9.17, 15) is 9.59 Å². The largest absolute Gasteiger partial charge is 0.494 e. The standard InChI is InChI=1S/C24H31N3O4/c28-23(18-22-9-11-25-31-22)26-12-14-27(15-13-26)24(29)20-7-4-8-21(17-20)30-16-10-19-5-2-1-3-6-19/h4,7-9,11,17,19H,1-3,5-6,10,12-16,18H2. The lowest BCUT2D eigenvalue weighted by Gasteiger charge is -2.34. The molecule has 7 heteroatoms. The highest BCUT2D eigenvalue weighted by molar-refractivity contribution is 5.94. The summed E-state index contributed by atoms with van der Waals surface area (Å²) in [5.74, 6) is 2.07. The lowest BCUT2D eigenvalue weighted by molar-refractivity contribution is -0.132. The third-order valence-corrected chi connectivity index (χ3v) is 6.34. The molecule has 0 unspecified atom stereocenters. The van der Waals surface area contributed by atoms with Crippen LogP contribution in [0.3, 0.4) is 0 Å². The van der Waals surface area contributed by atoms with Crippen LogP contribution in [0.4, 0.5) is 0 Å². The van der Waals surface area contributed by atoms with Crippen molar-refractivity contribution in [1.82, 2.24) is 15.0 Å². The molecule has 1 saturated carbocycles. The van der Waals surface area contributed by atoms with Crippen molar-refractivity contribution >= 4 is 11.8 Å². The van der Waals surface area contributed by atoms with Gasteiger partial charge in [-0.2, -0.15) is 0 Å². The van der Waals surface area contributed by atoms with Gasteiger partial charge in [0.1, 0.15) is 11.5 Å². The molecule has 0 spiro atoms. The molecule has 1 aromatic carbocycles. The second-order valence-corrected chi connectivity index (χ2v) is 8.50. The molecule has 1 aliphatic carbocycles. The minimum atomic E-state index is -0.0138. The molecule has 166 valence electrons. The highest BCUT2D eigenvalue weighted by Gasteiger charge is 2.25. The lowest BCUT2D eigenvalue weighted by Crippen LogP contribution is -2.51. The Morgan fingerprint density at radius 2 is 1.81 bits per heavy atom. The van der Waals surface area contributed by atoms with Gasteiger partial charge in [0, 0.05) is 37.8 Å². The average molecular weight is 426 g/mol. The number of hydrogen-bond acceptors (Lipinski definition) is 5. The van der Waals surface area contributed by atoms with Crippen LogP contribution in [-0.2, 0) is 11.2 Å². The van der Waals surface area contributed by atoms with Crippen molar-refractivity contribution in [2.24, 2.45) is 5.92 Å². The summed E-state index contributed by atoms with van der Waals surface area (Å²) in [7, 11) is 0. The molecule has 2 aromatic rings. The predicted molar refractivity (Wildman–Crippen MR) is 116 cm³/mol. The number of benzene rings is 1. The van der Waals surface area contributed by atoms with Gasteiger partial charge in [0.2, 0.25) is 5.91 Å². The van der Waals surface area contributed by atoms with Gasteiger partial charge in [-0.15, -0.1) is 0 Å². The van der Waals surface area contributed by atoms with E-state index in [-0.39, 0.29) is 18.2 Å². The van der Waals surface area contributed by atoms with Crippen LogP contribution in [0.1, 0.15) is 54.6 Å². The average Bonchev–Trinajstić information content (AvgIpc) is 3.33. The number of nitrogens with zero attached hydrogens (tertiary/aromatic N) is 3. The van der Waals surface area contributed by atoms with Crippen LogP contribution in [0.2, 0.25) is 0 Å². The van der Waals surface area contributed by atoms with E-state index in [1.54, 1.807) is 15.9 Å². The van der Waals surface area contributed by atoms with Crippen LogP contribution in [0, 0.1) is 5.92 Å². The normalized spacial score (nSPS) is 17.5. The molecule has 1 saturated heterocycles. The molecule has 1 aromatic heterocycles. The molecular weight excluding hydrogens is 394 g/mol. The number of amides is 2. The first kappa shape index (κ1) is 21.4. The van der Waals surface area contributed by atoms with E-state index in [0.717, 1.165) is 18.1 Å². The molecule has 2 amide bonds. The molecule has 0 atom stereocenters. The van der Waals surface area contributed by atoms with E-state index in [2.05, 4.69) is 5.16 Å². The van der Waals surface area contributed by atoms with Crippen LogP contribution >= 0.6 is 0 Å². The second-order valence-electron chi connectivity index (χ2n) is 8.50. The zero-order chi connectivity index (χ0) is 21.5. The Kier molecular flexibility index (Phi) is 7.22. The van der Waals surface area contributed by atoms with Crippen molar-refractivity contribution in [1.29, 1.82) is 0 Å².